The largest absolute Gasteiger partial charge is 0.462 e. The molecule has 0 radical (unpaired) electrons. The SMILES string of the molecule is CCOC(=O)c1cnc2c(ccn2S(=O)(=O)c2ccc(C)cc2)c1N[C@H]1CC[C@H](OS(C)(=O)=O)CC1. The van der Waals surface area contributed by atoms with Gasteiger partial charge in [0.15, 0.2) is 5.65 Å². The molecule has 0 bridgehead atoms. The molecule has 12 heteroatoms. The van der Waals surface area contributed by atoms with Gasteiger partial charge in [-0.05, 0) is 57.7 Å². The number of aryl methyl sites for hydroxylation is 1. The first kappa shape index (κ1) is 26.1. The topological polar surface area (TPSA) is 134 Å². The lowest BCUT2D eigenvalue weighted by Crippen LogP contribution is -2.31. The van der Waals surface area contributed by atoms with E-state index in [1.807, 2.05) is 6.92 Å². The Hall–Kier alpha value is -2.96. The van der Waals surface area contributed by atoms with Crippen molar-refractivity contribution in [2.24, 2.45) is 0 Å². The number of hydrogen-bond donors (Lipinski definition) is 1. The van der Waals surface area contributed by atoms with Crippen molar-refractivity contribution >= 4 is 42.8 Å². The molecule has 1 N–H and O–H groups in total. The van der Waals surface area contributed by atoms with Gasteiger partial charge in [0.2, 0.25) is 0 Å². The van der Waals surface area contributed by atoms with Crippen LogP contribution in [0.15, 0.2) is 47.6 Å². The summed E-state index contributed by atoms with van der Waals surface area (Å²) in [5.41, 5.74) is 1.75. The smallest absolute Gasteiger partial charge is 0.341 e. The average Bonchev–Trinajstić information content (AvgIpc) is 3.25. The van der Waals surface area contributed by atoms with Gasteiger partial charge >= 0.3 is 5.97 Å². The second-order valence-electron chi connectivity index (χ2n) is 8.85. The van der Waals surface area contributed by atoms with E-state index in [-0.39, 0.29) is 34.9 Å². The van der Waals surface area contributed by atoms with Crippen molar-refractivity contribution in [3.63, 3.8) is 0 Å². The van der Waals surface area contributed by atoms with E-state index in [1.54, 1.807) is 37.3 Å². The quantitative estimate of drug-likeness (QED) is 0.340. The normalized spacial score (nSPS) is 18.8. The zero-order chi connectivity index (χ0) is 26.1. The number of benzene rings is 1. The highest BCUT2D eigenvalue weighted by atomic mass is 32.2. The van der Waals surface area contributed by atoms with Crippen molar-refractivity contribution < 1.29 is 30.6 Å². The molecule has 0 atom stereocenters. The molecule has 0 saturated heterocycles. The summed E-state index contributed by atoms with van der Waals surface area (Å²) in [6, 6.07) is 8.06. The van der Waals surface area contributed by atoms with Gasteiger partial charge in [-0.3, -0.25) is 4.18 Å². The molecule has 10 nitrogen and oxygen atoms in total. The van der Waals surface area contributed by atoms with E-state index in [2.05, 4.69) is 10.3 Å². The van der Waals surface area contributed by atoms with Crippen molar-refractivity contribution in [3.05, 3.63) is 53.9 Å². The van der Waals surface area contributed by atoms with Crippen LogP contribution in [0, 0.1) is 6.92 Å². The predicted molar refractivity (Wildman–Crippen MR) is 135 cm³/mol. The predicted octanol–water partition coefficient (Wildman–Crippen LogP) is 3.46. The van der Waals surface area contributed by atoms with Crippen LogP contribution in [-0.4, -0.2) is 56.8 Å². The van der Waals surface area contributed by atoms with Crippen LogP contribution in [0.1, 0.15) is 48.5 Å². The number of rotatable bonds is 8. The molecule has 3 aromatic rings. The van der Waals surface area contributed by atoms with Gasteiger partial charge in [0.1, 0.15) is 5.56 Å². The van der Waals surface area contributed by atoms with Gasteiger partial charge in [0.25, 0.3) is 20.1 Å². The van der Waals surface area contributed by atoms with E-state index in [0.29, 0.717) is 36.8 Å². The summed E-state index contributed by atoms with van der Waals surface area (Å²) in [7, 11) is -7.46. The Morgan fingerprint density at radius 1 is 1.08 bits per heavy atom. The molecule has 1 saturated carbocycles. The summed E-state index contributed by atoms with van der Waals surface area (Å²) < 4.78 is 61.0. The highest BCUT2D eigenvalue weighted by Crippen LogP contribution is 2.33. The van der Waals surface area contributed by atoms with Crippen molar-refractivity contribution in [2.45, 2.75) is 56.6 Å². The molecule has 1 aliphatic rings. The van der Waals surface area contributed by atoms with Gasteiger partial charge in [-0.15, -0.1) is 0 Å². The van der Waals surface area contributed by atoms with Gasteiger partial charge < -0.3 is 10.1 Å². The van der Waals surface area contributed by atoms with E-state index in [9.17, 15) is 21.6 Å². The van der Waals surface area contributed by atoms with E-state index >= 15 is 0 Å². The first-order valence-electron chi connectivity index (χ1n) is 11.6. The van der Waals surface area contributed by atoms with Crippen molar-refractivity contribution in [3.8, 4) is 0 Å². The molecule has 4 rings (SSSR count). The molecule has 1 aromatic carbocycles. The molecule has 1 fully saturated rings. The lowest BCUT2D eigenvalue weighted by atomic mass is 9.92. The molecule has 0 spiro atoms. The van der Waals surface area contributed by atoms with Crippen molar-refractivity contribution in [1.82, 2.24) is 8.96 Å². The summed E-state index contributed by atoms with van der Waals surface area (Å²) in [5, 5.41) is 3.84. The first-order chi connectivity index (χ1) is 17.0. The fourth-order valence-electron chi connectivity index (χ4n) is 4.35. The fraction of sp³-hybridized carbons (Fsp3) is 0.417. The van der Waals surface area contributed by atoms with Crippen LogP contribution >= 0.6 is 0 Å². The van der Waals surface area contributed by atoms with Crippen LogP contribution in [0.25, 0.3) is 11.0 Å². The average molecular weight is 536 g/mol. The third-order valence-corrected chi connectivity index (χ3v) is 8.39. The van der Waals surface area contributed by atoms with Gasteiger partial charge in [-0.25, -0.2) is 22.2 Å². The van der Waals surface area contributed by atoms with Gasteiger partial charge in [-0.1, -0.05) is 17.7 Å². The summed E-state index contributed by atoms with van der Waals surface area (Å²) in [5.74, 6) is -0.572. The minimum atomic E-state index is -3.92. The lowest BCUT2D eigenvalue weighted by Gasteiger charge is -2.29. The number of carbonyl (C=O) groups excluding carboxylic acids is 1. The third kappa shape index (κ3) is 5.55. The Balaban J connectivity index is 1.70. The van der Waals surface area contributed by atoms with Crippen LogP contribution in [0.3, 0.4) is 0 Å². The second kappa shape index (κ2) is 10.2. The lowest BCUT2D eigenvalue weighted by molar-refractivity contribution is 0.0527. The number of carbonyl (C=O) groups is 1. The van der Waals surface area contributed by atoms with Crippen LogP contribution in [0.2, 0.25) is 0 Å². The zero-order valence-electron chi connectivity index (χ0n) is 20.3. The summed E-state index contributed by atoms with van der Waals surface area (Å²) in [6.07, 6.45) is 5.65. The van der Waals surface area contributed by atoms with Gasteiger partial charge in [-0.2, -0.15) is 8.42 Å². The first-order valence-corrected chi connectivity index (χ1v) is 14.9. The zero-order valence-corrected chi connectivity index (χ0v) is 21.9. The second-order valence-corrected chi connectivity index (χ2v) is 12.3. The van der Waals surface area contributed by atoms with Crippen LogP contribution in [0.4, 0.5) is 5.69 Å². The number of pyridine rings is 1. The maximum Gasteiger partial charge on any atom is 0.341 e. The van der Waals surface area contributed by atoms with Gasteiger partial charge in [0.05, 0.1) is 29.5 Å². The molecule has 0 aliphatic heterocycles. The minimum absolute atomic E-state index is 0.0831. The number of esters is 1. The molecule has 1 aliphatic carbocycles. The maximum atomic E-state index is 13.3. The molecule has 36 heavy (non-hydrogen) atoms. The van der Waals surface area contributed by atoms with Gasteiger partial charge in [0, 0.05) is 23.8 Å². The third-order valence-electron chi connectivity index (χ3n) is 6.09. The van der Waals surface area contributed by atoms with E-state index in [0.717, 1.165) is 15.8 Å². The number of aromatic nitrogens is 2. The number of nitrogens with zero attached hydrogens (tertiary/aromatic N) is 2. The Labute approximate surface area is 210 Å². The standard InChI is InChI=1S/C24H29N3O7S2/c1-4-33-24(28)21-15-25-23-20(13-14-27(23)36(31,32)19-11-5-16(2)6-12-19)22(21)26-17-7-9-18(10-8-17)34-35(3,29)30/h5-6,11-15,17-18H,4,7-10H2,1-3H3,(H,25,26)/t17-,18-. The molecule has 194 valence electrons. The number of nitrogens with one attached hydrogen (secondary N) is 1. The maximum absolute atomic E-state index is 13.3. The van der Waals surface area contributed by atoms with Crippen molar-refractivity contribution in [2.75, 3.05) is 18.2 Å². The van der Waals surface area contributed by atoms with E-state index < -0.39 is 26.1 Å². The highest BCUT2D eigenvalue weighted by molar-refractivity contribution is 7.90. The molecular weight excluding hydrogens is 506 g/mol. The molecule has 0 unspecified atom stereocenters. The van der Waals surface area contributed by atoms with E-state index in [1.165, 1.54) is 12.4 Å². The minimum Gasteiger partial charge on any atom is -0.462 e. The Bertz CT molecular complexity index is 1470. The summed E-state index contributed by atoms with van der Waals surface area (Å²) in [6.45, 7) is 3.75. The number of ether oxygens (including phenoxy) is 1. The fourth-order valence-corrected chi connectivity index (χ4v) is 6.34. The van der Waals surface area contributed by atoms with Crippen molar-refractivity contribution in [1.29, 1.82) is 0 Å². The Morgan fingerprint density at radius 2 is 1.75 bits per heavy atom. The monoisotopic (exact) mass is 535 g/mol. The van der Waals surface area contributed by atoms with Crippen LogP contribution in [0.5, 0.6) is 0 Å². The number of anilines is 1. The van der Waals surface area contributed by atoms with Crippen LogP contribution in [-0.2, 0) is 29.1 Å². The number of fused-ring (bicyclic) bond motifs is 1. The summed E-state index contributed by atoms with van der Waals surface area (Å²) >= 11 is 0. The number of hydrogen-bond acceptors (Lipinski definition) is 9. The molecule has 2 aromatic heterocycles. The Morgan fingerprint density at radius 3 is 2.36 bits per heavy atom. The highest BCUT2D eigenvalue weighted by Gasteiger charge is 2.28. The molecule has 0 amide bonds. The Kier molecular flexibility index (Phi) is 7.39. The summed E-state index contributed by atoms with van der Waals surface area (Å²) in [4.78, 5) is 17.1. The van der Waals surface area contributed by atoms with E-state index in [4.69, 9.17) is 8.92 Å². The molecular formula is C24H29N3O7S2. The molecule has 2 heterocycles. The van der Waals surface area contributed by atoms with Crippen LogP contribution < -0.4 is 5.32 Å².